The number of aliphatic carboxylic acids is 1. The van der Waals surface area contributed by atoms with Crippen LogP contribution in [0.3, 0.4) is 0 Å². The van der Waals surface area contributed by atoms with Crippen molar-refractivity contribution in [3.63, 3.8) is 0 Å². The third kappa shape index (κ3) is 24.6. The molecular formula is C83H98N25NaO11. The van der Waals surface area contributed by atoms with Crippen molar-refractivity contribution in [3.05, 3.63) is 198 Å². The van der Waals surface area contributed by atoms with Gasteiger partial charge in [-0.25, -0.2) is 9.59 Å². The smallest absolute Gasteiger partial charge is 0.870 e. The van der Waals surface area contributed by atoms with Crippen LogP contribution in [0.2, 0.25) is 0 Å². The molecule has 12 aromatic rings. The number of methoxy groups -OCH3 is 2. The number of nitrogen functional groups attached to an aromatic ring is 2. The van der Waals surface area contributed by atoms with Gasteiger partial charge in [0, 0.05) is 125 Å². The van der Waals surface area contributed by atoms with E-state index in [1.165, 1.54) is 50.4 Å². The van der Waals surface area contributed by atoms with Crippen molar-refractivity contribution < 1.29 is 83.5 Å². The van der Waals surface area contributed by atoms with Crippen molar-refractivity contribution in [3.8, 4) is 0 Å². The number of benzene rings is 6. The van der Waals surface area contributed by atoms with Crippen LogP contribution in [-0.2, 0) is 43.1 Å². The van der Waals surface area contributed by atoms with Crippen molar-refractivity contribution >= 4 is 140 Å². The average molecular weight is 1640 g/mol. The minimum absolute atomic E-state index is 0. The maximum Gasteiger partial charge on any atom is 1.00 e. The van der Waals surface area contributed by atoms with Crippen molar-refractivity contribution in [1.82, 2.24) is 78.8 Å². The predicted octanol–water partition coefficient (Wildman–Crippen LogP) is 8.35. The molecule has 120 heavy (non-hydrogen) atoms. The first kappa shape index (κ1) is 89.4. The molecule has 2 amide bonds. The number of likely N-dealkylation sites (tertiary alicyclic amines) is 2. The van der Waals surface area contributed by atoms with Gasteiger partial charge in [-0.1, -0.05) is 36.4 Å². The van der Waals surface area contributed by atoms with Gasteiger partial charge >= 0.3 is 53.4 Å². The minimum atomic E-state index is -1.04. The minimum Gasteiger partial charge on any atom is -0.870 e. The monoisotopic (exact) mass is 1640 g/mol. The van der Waals surface area contributed by atoms with E-state index in [0.717, 1.165) is 85.0 Å². The first-order valence-corrected chi connectivity index (χ1v) is 38.8. The number of carboxylic acid groups (broad SMARTS) is 2. The molecule has 37 heteroatoms. The quantitative estimate of drug-likeness (QED) is 0.0111. The number of nitrogens with one attached hydrogen (secondary N) is 8. The SMILES string of the molecule is CN1CCC(N(C)C(=O)c2cccc(Nc3nc4nc5c(cnn35)CCCCC(=O)Nc3cccc(c3)N4)c2)C1.CNC1CCN(C)C1.COC(=O)CCCCc1cnn2c(Nc3cccc(C(=O)OC)c3)nc(Nc3cccc(N)c3)nc12.Nc1cccc(Nc2nc(Nc3cccc(C(=O)O)c3)n3ncc(CCCCC(=O)O)c3n2)c1.[Na+].[OH-]. The van der Waals surface area contributed by atoms with Crippen molar-refractivity contribution in [2.24, 2.45) is 0 Å². The van der Waals surface area contributed by atoms with Gasteiger partial charge < -0.3 is 93.9 Å². The molecule has 0 aliphatic carbocycles. The number of aromatic nitrogens is 12. The molecule has 6 aromatic heterocycles. The summed E-state index contributed by atoms with van der Waals surface area (Å²) in [4.78, 5) is 106. The van der Waals surface area contributed by atoms with Crippen LogP contribution >= 0.6 is 0 Å². The maximum absolute atomic E-state index is 13.3. The van der Waals surface area contributed by atoms with E-state index in [1.54, 1.807) is 88.3 Å². The number of amides is 2. The maximum atomic E-state index is 13.3. The molecule has 3 aliphatic heterocycles. The zero-order chi connectivity index (χ0) is 83.2. The number of aromatic carboxylic acids is 1. The summed E-state index contributed by atoms with van der Waals surface area (Å²) in [6.07, 6.45) is 14.7. The molecule has 2 saturated heterocycles. The number of hydrogen-bond donors (Lipinski definition) is 12. The van der Waals surface area contributed by atoms with E-state index in [9.17, 15) is 33.9 Å². The zero-order valence-electron chi connectivity index (χ0n) is 67.9. The Kier molecular flexibility index (Phi) is 32.0. The number of ether oxygens (including phenoxy) is 2. The third-order valence-corrected chi connectivity index (χ3v) is 19.8. The van der Waals surface area contributed by atoms with Gasteiger partial charge in [0.15, 0.2) is 16.9 Å². The number of rotatable bonds is 25. The first-order valence-electron chi connectivity index (χ1n) is 38.8. The molecule has 15 N–H and O–H groups in total. The van der Waals surface area contributed by atoms with E-state index in [-0.39, 0.29) is 70.8 Å². The summed E-state index contributed by atoms with van der Waals surface area (Å²) < 4.78 is 14.3. The number of nitrogens with zero attached hydrogens (tertiary/aromatic N) is 15. The Morgan fingerprint density at radius 1 is 0.542 bits per heavy atom. The van der Waals surface area contributed by atoms with E-state index in [0.29, 0.717) is 143 Å². The summed E-state index contributed by atoms with van der Waals surface area (Å²) in [5.41, 5.74) is 23.5. The number of anilines is 15. The van der Waals surface area contributed by atoms with E-state index < -0.39 is 17.9 Å². The normalized spacial score (nSPS) is 14.3. The van der Waals surface area contributed by atoms with E-state index in [1.807, 2.05) is 91.8 Å². The molecule has 2 unspecified atom stereocenters. The van der Waals surface area contributed by atoms with Gasteiger partial charge in [0.2, 0.25) is 41.6 Å². The van der Waals surface area contributed by atoms with Crippen LogP contribution < -0.4 is 83.6 Å². The molecule has 9 heterocycles. The number of likely N-dealkylation sites (N-methyl/N-ethyl adjacent to an activating group) is 4. The van der Waals surface area contributed by atoms with Crippen LogP contribution in [0.25, 0.3) is 16.9 Å². The third-order valence-electron chi connectivity index (χ3n) is 19.8. The topological polar surface area (TPSA) is 479 Å². The van der Waals surface area contributed by atoms with Gasteiger partial charge in [-0.2, -0.15) is 58.7 Å². The number of nitrogens with two attached hydrogens (primary N) is 2. The molecule has 0 saturated carbocycles. The fourth-order valence-electron chi connectivity index (χ4n) is 13.6. The van der Waals surface area contributed by atoms with Crippen LogP contribution in [0.5, 0.6) is 0 Å². The second-order valence-corrected chi connectivity index (χ2v) is 28.7. The Labute approximate surface area is 714 Å². The molecule has 36 nitrogen and oxygen atoms in total. The van der Waals surface area contributed by atoms with Crippen molar-refractivity contribution in [1.29, 1.82) is 0 Å². The summed E-state index contributed by atoms with van der Waals surface area (Å²) in [7, 11) is 10.9. The summed E-state index contributed by atoms with van der Waals surface area (Å²) in [5.74, 6) is -0.306. The summed E-state index contributed by atoms with van der Waals surface area (Å²) >= 11 is 0. The zero-order valence-corrected chi connectivity index (χ0v) is 69.9. The summed E-state index contributed by atoms with van der Waals surface area (Å²) in [5, 5.41) is 57.1. The number of hydrogen-bond acceptors (Lipinski definition) is 29. The molecule has 2 atom stereocenters. The number of unbranched alkanes of at least 4 members (excludes halogenated alkanes) is 2. The van der Waals surface area contributed by atoms with Gasteiger partial charge in [0.25, 0.3) is 5.91 Å². The molecule has 3 aliphatic rings. The number of carbonyl (C=O) groups is 6. The number of carboxylic acids is 2. The molecule has 15 rings (SSSR count). The second-order valence-electron chi connectivity index (χ2n) is 28.7. The van der Waals surface area contributed by atoms with Crippen LogP contribution in [0.1, 0.15) is 118 Å². The Morgan fingerprint density at radius 3 is 1.56 bits per heavy atom. The number of carbonyl (C=O) groups excluding carboxylic acids is 4. The van der Waals surface area contributed by atoms with Gasteiger partial charge in [-0.05, 0) is 214 Å². The fourth-order valence-corrected chi connectivity index (χ4v) is 13.6. The molecule has 6 aromatic carbocycles. The first-order chi connectivity index (χ1) is 57.1. The van der Waals surface area contributed by atoms with Crippen LogP contribution in [-0.4, -0.2) is 205 Å². The van der Waals surface area contributed by atoms with Crippen LogP contribution in [0.15, 0.2) is 164 Å². The molecule has 0 radical (unpaired) electrons. The Morgan fingerprint density at radius 2 is 1.03 bits per heavy atom. The van der Waals surface area contributed by atoms with Crippen molar-refractivity contribution in [2.75, 3.05) is 117 Å². The Hall–Kier alpha value is -13.0. The standard InChI is InChI=1S/C29H33N9O2.C25H27N7O4.C23H23N7O4.C6H14N2.Na.H2O/c1-36-14-13-24(18-36)37(2)27(40)19-8-5-9-21(15-19)33-29-35-28-32-23-11-6-10-22(16-23)31-25(39)12-4-3-7-20-17-30-38(29)26(20)34-28;1-35-21(33)12-4-3-7-17-15-27-32-22(17)30-24(28-20-11-6-9-18(26)14-20)31-25(32)29-19-10-5-8-16(13-19)23(34)36-2;24-16-7-4-9-18(12-16)26-22-28-20-15(5-1-2-10-19(31)32)13-25-30(20)23(29-22)27-17-8-3-6-14(11-17)21(33)34;1-7-6-3-4-8(2)5-6;;/h5-6,8-11,15-17,24H,3-4,7,12-14,18H2,1-2H3,(H,31,39)(H2,32,33,34,35);5-6,8-11,13-15H,3-4,7,12,26H2,1-2H3,(H2,28,29,30,31);3-4,6-9,11-13H,1-2,5,10,24H2,(H,31,32)(H,33,34)(H2,26,27,28,29);6-7H,3-5H2,1-2H3;;1H2/q;;;;+1;/p-1. The molecule has 4 bridgehead atoms. The summed E-state index contributed by atoms with van der Waals surface area (Å²) in [6, 6.07) is 43.6. The van der Waals surface area contributed by atoms with Gasteiger partial charge in [-0.3, -0.25) is 19.2 Å². The van der Waals surface area contributed by atoms with Crippen LogP contribution in [0.4, 0.5) is 86.9 Å². The largest absolute Gasteiger partial charge is 1.00 e. The average Bonchev–Trinajstić information content (AvgIpc) is 1.63. The molecular weight excluding hydrogens is 1550 g/mol. The van der Waals surface area contributed by atoms with E-state index in [4.69, 9.17) is 36.0 Å². The Bertz CT molecular complexity index is 5550. The Balaban J connectivity index is 0.000000179. The van der Waals surface area contributed by atoms with Crippen molar-refractivity contribution in [2.45, 2.75) is 102 Å². The van der Waals surface area contributed by atoms with Crippen LogP contribution in [0, 0.1) is 0 Å². The number of fused-ring (bicyclic) bond motifs is 5. The fraction of sp³-hybridized carbons (Fsp3) is 0.313. The second kappa shape index (κ2) is 42.9. The predicted molar refractivity (Wildman–Crippen MR) is 454 cm³/mol. The number of aryl methyl sites for hydroxylation is 3. The number of esters is 2. The molecule has 2 fully saturated rings. The van der Waals surface area contributed by atoms with Gasteiger partial charge in [-0.15, -0.1) is 0 Å². The molecule has 622 valence electrons. The van der Waals surface area contributed by atoms with E-state index in [2.05, 4.69) is 102 Å². The van der Waals surface area contributed by atoms with E-state index >= 15 is 0 Å². The van der Waals surface area contributed by atoms with Gasteiger partial charge in [0.05, 0.1) is 43.9 Å². The summed E-state index contributed by atoms with van der Waals surface area (Å²) in [6.45, 7) is 4.35. The molecule has 0 spiro atoms. The van der Waals surface area contributed by atoms with Gasteiger partial charge in [0.1, 0.15) is 0 Å².